The molecule has 0 amide bonds. The van der Waals surface area contributed by atoms with Crippen LogP contribution in [0.15, 0.2) is 18.2 Å². The van der Waals surface area contributed by atoms with E-state index < -0.39 is 0 Å². The van der Waals surface area contributed by atoms with Crippen molar-refractivity contribution in [3.05, 3.63) is 34.9 Å². The lowest BCUT2D eigenvalue weighted by Crippen LogP contribution is -2.18. The van der Waals surface area contributed by atoms with Crippen molar-refractivity contribution in [1.29, 1.82) is 0 Å². The largest absolute Gasteiger partial charge is 0.324 e. The van der Waals surface area contributed by atoms with Crippen molar-refractivity contribution in [3.8, 4) is 0 Å². The van der Waals surface area contributed by atoms with Crippen LogP contribution < -0.4 is 5.73 Å². The number of hydrogen-bond donors (Lipinski definition) is 1. The van der Waals surface area contributed by atoms with E-state index in [1.165, 1.54) is 16.7 Å². The topological polar surface area (TPSA) is 26.0 Å². The molecule has 0 aliphatic rings. The average molecular weight is 191 g/mol. The van der Waals surface area contributed by atoms with Crippen molar-refractivity contribution in [2.45, 2.75) is 40.2 Å². The molecule has 0 saturated carbocycles. The summed E-state index contributed by atoms with van der Waals surface area (Å²) < 4.78 is 0. The Hall–Kier alpha value is -0.820. The van der Waals surface area contributed by atoms with Crippen molar-refractivity contribution in [1.82, 2.24) is 0 Å². The summed E-state index contributed by atoms with van der Waals surface area (Å²) >= 11 is 0. The number of benzene rings is 1. The zero-order valence-corrected chi connectivity index (χ0v) is 9.67. The number of hydrogen-bond acceptors (Lipinski definition) is 1. The van der Waals surface area contributed by atoms with Crippen LogP contribution in [0, 0.1) is 12.8 Å². The molecule has 0 radical (unpaired) electrons. The highest BCUT2D eigenvalue weighted by Gasteiger charge is 2.14. The second-order valence-electron chi connectivity index (χ2n) is 4.27. The van der Waals surface area contributed by atoms with E-state index in [-0.39, 0.29) is 6.04 Å². The molecule has 2 N–H and O–H groups in total. The summed E-state index contributed by atoms with van der Waals surface area (Å²) in [5, 5.41) is 0. The first kappa shape index (κ1) is 11.3. The first-order valence-electron chi connectivity index (χ1n) is 5.41. The van der Waals surface area contributed by atoms with Crippen LogP contribution in [0.4, 0.5) is 0 Å². The van der Waals surface area contributed by atoms with Crippen molar-refractivity contribution in [2.24, 2.45) is 11.7 Å². The molecule has 0 fully saturated rings. The van der Waals surface area contributed by atoms with E-state index in [2.05, 4.69) is 45.9 Å². The monoisotopic (exact) mass is 191 g/mol. The Morgan fingerprint density at radius 1 is 1.29 bits per heavy atom. The second kappa shape index (κ2) is 4.61. The van der Waals surface area contributed by atoms with Gasteiger partial charge in [0.2, 0.25) is 0 Å². The third-order valence-corrected chi connectivity index (χ3v) is 2.88. The Balaban J connectivity index is 3.13. The van der Waals surface area contributed by atoms with Gasteiger partial charge in [0.15, 0.2) is 0 Å². The maximum Gasteiger partial charge on any atom is 0.0321 e. The quantitative estimate of drug-likeness (QED) is 0.780. The molecule has 1 heteroatoms. The van der Waals surface area contributed by atoms with Gasteiger partial charge in [0.25, 0.3) is 0 Å². The van der Waals surface area contributed by atoms with Crippen LogP contribution >= 0.6 is 0 Å². The molecule has 1 aromatic rings. The number of rotatable bonds is 3. The molecule has 0 aromatic heterocycles. The Morgan fingerprint density at radius 2 is 1.93 bits per heavy atom. The van der Waals surface area contributed by atoms with E-state index >= 15 is 0 Å². The fourth-order valence-electron chi connectivity index (χ4n) is 1.88. The van der Waals surface area contributed by atoms with Crippen LogP contribution in [0.5, 0.6) is 0 Å². The van der Waals surface area contributed by atoms with Gasteiger partial charge in [0.1, 0.15) is 0 Å². The van der Waals surface area contributed by atoms with Crippen LogP contribution in [0.25, 0.3) is 0 Å². The minimum Gasteiger partial charge on any atom is -0.324 e. The number of aryl methyl sites for hydroxylation is 1. The molecule has 0 heterocycles. The van der Waals surface area contributed by atoms with Gasteiger partial charge in [-0.3, -0.25) is 0 Å². The summed E-state index contributed by atoms with van der Waals surface area (Å²) in [6.07, 6.45) is 1.07. The molecule has 78 valence electrons. The van der Waals surface area contributed by atoms with Crippen LogP contribution in [0.2, 0.25) is 0 Å². The first-order valence-corrected chi connectivity index (χ1v) is 5.41. The highest BCUT2D eigenvalue weighted by molar-refractivity contribution is 5.36. The molecular weight excluding hydrogens is 170 g/mol. The van der Waals surface area contributed by atoms with Gasteiger partial charge in [-0.25, -0.2) is 0 Å². The molecule has 1 rings (SSSR count). The van der Waals surface area contributed by atoms with E-state index in [9.17, 15) is 0 Å². The molecule has 14 heavy (non-hydrogen) atoms. The Bertz CT molecular complexity index is 302. The first-order chi connectivity index (χ1) is 6.57. The van der Waals surface area contributed by atoms with E-state index in [0.29, 0.717) is 5.92 Å². The highest BCUT2D eigenvalue weighted by atomic mass is 14.6. The van der Waals surface area contributed by atoms with Gasteiger partial charge in [0.05, 0.1) is 0 Å². The van der Waals surface area contributed by atoms with Crippen molar-refractivity contribution < 1.29 is 0 Å². The predicted octanol–water partition coefficient (Wildman–Crippen LogP) is 3.21. The van der Waals surface area contributed by atoms with Crippen LogP contribution in [0.3, 0.4) is 0 Å². The molecule has 1 aromatic carbocycles. The molecular formula is C13H21N. The van der Waals surface area contributed by atoms with Crippen LogP contribution in [0.1, 0.15) is 43.5 Å². The van der Waals surface area contributed by atoms with Crippen LogP contribution in [-0.2, 0) is 6.42 Å². The normalized spacial score (nSPS) is 13.3. The third-order valence-electron chi connectivity index (χ3n) is 2.88. The van der Waals surface area contributed by atoms with E-state index in [1.54, 1.807) is 0 Å². The zero-order valence-electron chi connectivity index (χ0n) is 9.67. The minimum absolute atomic E-state index is 0.171. The fraction of sp³-hybridized carbons (Fsp3) is 0.538. The van der Waals surface area contributed by atoms with Gasteiger partial charge in [-0.1, -0.05) is 39.0 Å². The summed E-state index contributed by atoms with van der Waals surface area (Å²) in [6, 6.07) is 6.60. The molecule has 0 spiro atoms. The Labute approximate surface area is 87.3 Å². The maximum atomic E-state index is 6.18. The van der Waals surface area contributed by atoms with Gasteiger partial charge in [0, 0.05) is 6.04 Å². The standard InChI is InChI=1S/C13H21N/c1-5-11-10(4)7-6-8-12(11)13(14)9(2)3/h6-9,13H,5,14H2,1-4H3. The lowest BCUT2D eigenvalue weighted by molar-refractivity contribution is 0.510. The van der Waals surface area contributed by atoms with Crippen molar-refractivity contribution in [2.75, 3.05) is 0 Å². The van der Waals surface area contributed by atoms with E-state index in [4.69, 9.17) is 5.73 Å². The Morgan fingerprint density at radius 3 is 2.43 bits per heavy atom. The van der Waals surface area contributed by atoms with Gasteiger partial charge < -0.3 is 5.73 Å². The Kier molecular flexibility index (Phi) is 3.70. The van der Waals surface area contributed by atoms with Crippen molar-refractivity contribution in [3.63, 3.8) is 0 Å². The molecule has 1 nitrogen and oxygen atoms in total. The summed E-state index contributed by atoms with van der Waals surface area (Å²) in [4.78, 5) is 0. The van der Waals surface area contributed by atoms with Gasteiger partial charge in [-0.05, 0) is 36.0 Å². The van der Waals surface area contributed by atoms with E-state index in [1.807, 2.05) is 0 Å². The summed E-state index contributed by atoms with van der Waals surface area (Å²) in [6.45, 7) is 8.70. The maximum absolute atomic E-state index is 6.18. The van der Waals surface area contributed by atoms with E-state index in [0.717, 1.165) is 6.42 Å². The lowest BCUT2D eigenvalue weighted by Gasteiger charge is -2.20. The summed E-state index contributed by atoms with van der Waals surface area (Å²) in [7, 11) is 0. The van der Waals surface area contributed by atoms with Gasteiger partial charge in [-0.2, -0.15) is 0 Å². The molecule has 0 aliphatic heterocycles. The summed E-state index contributed by atoms with van der Waals surface area (Å²) in [5.41, 5.74) is 10.3. The third kappa shape index (κ3) is 2.16. The molecule has 0 bridgehead atoms. The molecule has 1 atom stereocenters. The SMILES string of the molecule is CCc1c(C)cccc1C(N)C(C)C. The van der Waals surface area contributed by atoms with Gasteiger partial charge >= 0.3 is 0 Å². The summed E-state index contributed by atoms with van der Waals surface area (Å²) in [5.74, 6) is 0.502. The molecule has 0 aliphatic carbocycles. The highest BCUT2D eigenvalue weighted by Crippen LogP contribution is 2.25. The minimum atomic E-state index is 0.171. The lowest BCUT2D eigenvalue weighted by atomic mass is 9.90. The second-order valence-corrected chi connectivity index (χ2v) is 4.27. The molecule has 0 saturated heterocycles. The smallest absolute Gasteiger partial charge is 0.0321 e. The average Bonchev–Trinajstić information content (AvgIpc) is 2.16. The fourth-order valence-corrected chi connectivity index (χ4v) is 1.88. The zero-order chi connectivity index (χ0) is 10.7. The molecule has 1 unspecified atom stereocenters. The van der Waals surface area contributed by atoms with Crippen LogP contribution in [-0.4, -0.2) is 0 Å². The van der Waals surface area contributed by atoms with Crippen molar-refractivity contribution >= 4 is 0 Å². The van der Waals surface area contributed by atoms with Gasteiger partial charge in [-0.15, -0.1) is 0 Å². The predicted molar refractivity (Wildman–Crippen MR) is 62.3 cm³/mol. The number of nitrogens with two attached hydrogens (primary N) is 1.